The van der Waals surface area contributed by atoms with Gasteiger partial charge in [-0.05, 0) is 47.5 Å². The van der Waals surface area contributed by atoms with Crippen molar-refractivity contribution in [2.75, 3.05) is 11.1 Å². The molecule has 0 unspecified atom stereocenters. The van der Waals surface area contributed by atoms with Crippen LogP contribution < -0.4 is 16.8 Å². The van der Waals surface area contributed by atoms with Crippen LogP contribution in [0.4, 0.5) is 17.1 Å². The molecule has 0 fully saturated rings. The SMILES string of the molecule is N=C(N)c1ccc(N)c(Nc2cccc(-c3cccc(C=O)c3)c2)c1. The lowest BCUT2D eigenvalue weighted by Gasteiger charge is -2.12. The fraction of sp³-hybridized carbons (Fsp3) is 0. The fourth-order valence-corrected chi connectivity index (χ4v) is 2.56. The van der Waals surface area contributed by atoms with Crippen LogP contribution in [-0.2, 0) is 0 Å². The number of anilines is 3. The Morgan fingerprint density at radius 1 is 0.960 bits per heavy atom. The second kappa shape index (κ2) is 6.88. The molecule has 0 aliphatic rings. The first kappa shape index (κ1) is 16.3. The molecule has 3 aromatic carbocycles. The number of nitrogens with two attached hydrogens (primary N) is 2. The summed E-state index contributed by atoms with van der Waals surface area (Å²) >= 11 is 0. The summed E-state index contributed by atoms with van der Waals surface area (Å²) in [5.41, 5.74) is 16.8. The van der Waals surface area contributed by atoms with Crippen molar-refractivity contribution in [2.24, 2.45) is 5.73 Å². The van der Waals surface area contributed by atoms with E-state index in [1.54, 1.807) is 24.3 Å². The molecule has 0 amide bonds. The summed E-state index contributed by atoms with van der Waals surface area (Å²) in [6, 6.07) is 20.4. The van der Waals surface area contributed by atoms with Gasteiger partial charge in [0.05, 0.1) is 11.4 Å². The molecule has 0 spiro atoms. The molecule has 3 rings (SSSR count). The predicted molar refractivity (Wildman–Crippen MR) is 102 cm³/mol. The average Bonchev–Trinajstić information content (AvgIpc) is 2.63. The lowest BCUT2D eigenvalue weighted by molar-refractivity contribution is 0.112. The van der Waals surface area contributed by atoms with Crippen molar-refractivity contribution in [1.82, 2.24) is 0 Å². The van der Waals surface area contributed by atoms with Gasteiger partial charge in [0, 0.05) is 16.8 Å². The Balaban J connectivity index is 1.93. The van der Waals surface area contributed by atoms with Crippen LogP contribution >= 0.6 is 0 Å². The van der Waals surface area contributed by atoms with Crippen LogP contribution in [0.25, 0.3) is 11.1 Å². The van der Waals surface area contributed by atoms with E-state index in [0.29, 0.717) is 22.5 Å². The highest BCUT2D eigenvalue weighted by molar-refractivity contribution is 5.97. The van der Waals surface area contributed by atoms with Gasteiger partial charge in [0.2, 0.25) is 0 Å². The van der Waals surface area contributed by atoms with E-state index in [0.717, 1.165) is 23.1 Å². The summed E-state index contributed by atoms with van der Waals surface area (Å²) in [7, 11) is 0. The van der Waals surface area contributed by atoms with Crippen molar-refractivity contribution < 1.29 is 4.79 Å². The van der Waals surface area contributed by atoms with E-state index in [4.69, 9.17) is 16.9 Å². The predicted octanol–water partition coefficient (Wildman–Crippen LogP) is 3.78. The molecule has 0 heterocycles. The van der Waals surface area contributed by atoms with E-state index in [9.17, 15) is 4.79 Å². The molecule has 5 heteroatoms. The van der Waals surface area contributed by atoms with E-state index in [1.165, 1.54) is 0 Å². The second-order valence-corrected chi connectivity index (χ2v) is 5.66. The Morgan fingerprint density at radius 3 is 2.40 bits per heavy atom. The van der Waals surface area contributed by atoms with Crippen molar-refractivity contribution >= 4 is 29.2 Å². The van der Waals surface area contributed by atoms with Gasteiger partial charge in [-0.2, -0.15) is 0 Å². The Hall–Kier alpha value is -3.60. The summed E-state index contributed by atoms with van der Waals surface area (Å²) in [6.45, 7) is 0. The zero-order chi connectivity index (χ0) is 17.8. The molecule has 0 saturated carbocycles. The Bertz CT molecular complexity index is 950. The molecule has 3 aromatic rings. The number of carbonyl (C=O) groups excluding carboxylic acids is 1. The van der Waals surface area contributed by atoms with Crippen LogP contribution in [0.15, 0.2) is 66.7 Å². The molecule has 25 heavy (non-hydrogen) atoms. The second-order valence-electron chi connectivity index (χ2n) is 5.66. The molecule has 0 radical (unpaired) electrons. The maximum Gasteiger partial charge on any atom is 0.150 e. The number of hydrogen-bond donors (Lipinski definition) is 4. The first-order chi connectivity index (χ1) is 12.1. The number of nitrogens with one attached hydrogen (secondary N) is 2. The number of nitrogen functional groups attached to an aromatic ring is 2. The quantitative estimate of drug-likeness (QED) is 0.247. The molecule has 0 bridgehead atoms. The van der Waals surface area contributed by atoms with E-state index in [2.05, 4.69) is 5.32 Å². The summed E-state index contributed by atoms with van der Waals surface area (Å²) < 4.78 is 0. The molecule has 6 N–H and O–H groups in total. The summed E-state index contributed by atoms with van der Waals surface area (Å²) in [4.78, 5) is 11.0. The third-order valence-electron chi connectivity index (χ3n) is 3.86. The van der Waals surface area contributed by atoms with Crippen molar-refractivity contribution in [2.45, 2.75) is 0 Å². The van der Waals surface area contributed by atoms with Gasteiger partial charge in [-0.15, -0.1) is 0 Å². The monoisotopic (exact) mass is 330 g/mol. The van der Waals surface area contributed by atoms with Crippen LogP contribution in [-0.4, -0.2) is 12.1 Å². The van der Waals surface area contributed by atoms with Gasteiger partial charge in [0.1, 0.15) is 12.1 Å². The first-order valence-electron chi connectivity index (χ1n) is 7.73. The number of rotatable bonds is 5. The molecule has 0 aliphatic carbocycles. The molecule has 0 aliphatic heterocycles. The number of benzene rings is 3. The smallest absolute Gasteiger partial charge is 0.150 e. The lowest BCUT2D eigenvalue weighted by Crippen LogP contribution is -2.11. The van der Waals surface area contributed by atoms with E-state index in [-0.39, 0.29) is 5.84 Å². The highest BCUT2D eigenvalue weighted by atomic mass is 16.1. The van der Waals surface area contributed by atoms with Crippen LogP contribution in [0.2, 0.25) is 0 Å². The first-order valence-corrected chi connectivity index (χ1v) is 7.73. The minimum absolute atomic E-state index is 0.0116. The number of aldehydes is 1. The maximum absolute atomic E-state index is 11.0. The van der Waals surface area contributed by atoms with Gasteiger partial charge in [0.25, 0.3) is 0 Å². The minimum atomic E-state index is -0.0116. The molecule has 124 valence electrons. The molecule has 0 atom stereocenters. The average molecular weight is 330 g/mol. The van der Waals surface area contributed by atoms with Crippen LogP contribution in [0.5, 0.6) is 0 Å². The Labute approximate surface area is 145 Å². The maximum atomic E-state index is 11.0. The molecule has 0 aromatic heterocycles. The molecular formula is C20H18N4O. The Morgan fingerprint density at radius 2 is 1.68 bits per heavy atom. The van der Waals surface area contributed by atoms with Gasteiger partial charge in [0.15, 0.2) is 0 Å². The van der Waals surface area contributed by atoms with E-state index in [1.807, 2.05) is 42.5 Å². The van der Waals surface area contributed by atoms with Gasteiger partial charge in [-0.3, -0.25) is 10.2 Å². The third-order valence-corrected chi connectivity index (χ3v) is 3.86. The molecule has 0 saturated heterocycles. The van der Waals surface area contributed by atoms with Crippen LogP contribution in [0, 0.1) is 5.41 Å². The standard InChI is InChI=1S/C20H18N4O/c21-18-8-7-16(20(22)23)11-19(18)24-17-6-2-5-15(10-17)14-4-1-3-13(9-14)12-25/h1-12,24H,21H2,(H3,22,23). The van der Waals surface area contributed by atoms with Crippen LogP contribution in [0.1, 0.15) is 15.9 Å². The zero-order valence-electron chi connectivity index (χ0n) is 13.5. The van der Waals surface area contributed by atoms with Gasteiger partial charge < -0.3 is 16.8 Å². The van der Waals surface area contributed by atoms with Crippen molar-refractivity contribution in [3.8, 4) is 11.1 Å². The van der Waals surface area contributed by atoms with E-state index < -0.39 is 0 Å². The van der Waals surface area contributed by atoms with E-state index >= 15 is 0 Å². The number of carbonyl (C=O) groups is 1. The lowest BCUT2D eigenvalue weighted by atomic mass is 10.0. The molecular weight excluding hydrogens is 312 g/mol. The van der Waals surface area contributed by atoms with Crippen molar-refractivity contribution in [1.29, 1.82) is 5.41 Å². The summed E-state index contributed by atoms with van der Waals surface area (Å²) in [5, 5.41) is 10.8. The Kier molecular flexibility index (Phi) is 4.48. The summed E-state index contributed by atoms with van der Waals surface area (Å²) in [5.74, 6) is -0.0116. The van der Waals surface area contributed by atoms with Gasteiger partial charge in [-0.25, -0.2) is 0 Å². The normalized spacial score (nSPS) is 10.2. The highest BCUT2D eigenvalue weighted by Crippen LogP contribution is 2.28. The van der Waals surface area contributed by atoms with Crippen molar-refractivity contribution in [3.05, 3.63) is 77.9 Å². The topological polar surface area (TPSA) is 105 Å². The van der Waals surface area contributed by atoms with Crippen molar-refractivity contribution in [3.63, 3.8) is 0 Å². The highest BCUT2D eigenvalue weighted by Gasteiger charge is 2.05. The fourth-order valence-electron chi connectivity index (χ4n) is 2.56. The number of hydrogen-bond acceptors (Lipinski definition) is 4. The third kappa shape index (κ3) is 3.67. The van der Waals surface area contributed by atoms with Gasteiger partial charge in [-0.1, -0.05) is 30.3 Å². The number of amidine groups is 1. The van der Waals surface area contributed by atoms with Crippen LogP contribution in [0.3, 0.4) is 0 Å². The minimum Gasteiger partial charge on any atom is -0.397 e. The zero-order valence-corrected chi connectivity index (χ0v) is 13.5. The summed E-state index contributed by atoms with van der Waals surface area (Å²) in [6.07, 6.45) is 0.833. The molecule has 5 nitrogen and oxygen atoms in total. The van der Waals surface area contributed by atoms with Gasteiger partial charge >= 0.3 is 0 Å². The largest absolute Gasteiger partial charge is 0.397 e.